The van der Waals surface area contributed by atoms with Crippen molar-refractivity contribution in [2.45, 2.75) is 18.9 Å². The molecule has 0 atom stereocenters. The summed E-state index contributed by atoms with van der Waals surface area (Å²) in [6.45, 7) is 0.921. The van der Waals surface area contributed by atoms with Crippen LogP contribution in [0.25, 0.3) is 0 Å². The molecule has 0 spiro atoms. The second kappa shape index (κ2) is 6.28. The Hall–Kier alpha value is -0.860. The maximum absolute atomic E-state index is 13.8. The van der Waals surface area contributed by atoms with E-state index in [0.717, 1.165) is 0 Å². The van der Waals surface area contributed by atoms with Crippen LogP contribution in [0.3, 0.4) is 0 Å². The number of nitrogens with zero attached hydrogens (tertiary/aromatic N) is 1. The minimum Gasteiger partial charge on any atom is -0.378 e. The van der Waals surface area contributed by atoms with Gasteiger partial charge in [0.25, 0.3) is 0 Å². The van der Waals surface area contributed by atoms with Gasteiger partial charge in [0.05, 0.1) is 17.6 Å². The number of sulfonamides is 1. The van der Waals surface area contributed by atoms with E-state index in [0.29, 0.717) is 37.3 Å². The van der Waals surface area contributed by atoms with Crippen LogP contribution in [0.2, 0.25) is 0 Å². The number of rotatable bonds is 4. The lowest BCUT2D eigenvalue weighted by molar-refractivity contribution is 0.331. The van der Waals surface area contributed by atoms with Gasteiger partial charge in [0.1, 0.15) is 5.82 Å². The minimum atomic E-state index is -3.13. The number of benzene rings is 1. The van der Waals surface area contributed by atoms with E-state index >= 15 is 0 Å². The Kier molecular flexibility index (Phi) is 4.87. The molecular weight excluding hydrogens is 349 g/mol. The van der Waals surface area contributed by atoms with Gasteiger partial charge in [-0.25, -0.2) is 17.1 Å². The van der Waals surface area contributed by atoms with Crippen LogP contribution in [-0.4, -0.2) is 38.1 Å². The Morgan fingerprint density at radius 3 is 2.55 bits per heavy atom. The Labute approximate surface area is 126 Å². The molecular formula is C12H17BrFN3O2S. The van der Waals surface area contributed by atoms with Gasteiger partial charge in [0.2, 0.25) is 10.0 Å². The van der Waals surface area contributed by atoms with Gasteiger partial charge in [-0.05, 0) is 25.0 Å². The molecule has 0 saturated carbocycles. The first-order valence-corrected chi connectivity index (χ1v) is 8.93. The molecule has 0 radical (unpaired) electrons. The molecule has 2 N–H and O–H groups in total. The van der Waals surface area contributed by atoms with Crippen molar-refractivity contribution in [2.24, 2.45) is 0 Å². The highest BCUT2D eigenvalue weighted by molar-refractivity contribution is 9.10. The maximum atomic E-state index is 13.8. The maximum Gasteiger partial charge on any atom is 0.211 e. The van der Waals surface area contributed by atoms with Crippen molar-refractivity contribution in [3.63, 3.8) is 0 Å². The van der Waals surface area contributed by atoms with Gasteiger partial charge in [-0.3, -0.25) is 0 Å². The number of para-hydroxylation sites is 1. The van der Waals surface area contributed by atoms with E-state index < -0.39 is 10.0 Å². The topological polar surface area (TPSA) is 61.4 Å². The molecule has 20 heavy (non-hydrogen) atoms. The molecule has 1 aliphatic heterocycles. The smallest absolute Gasteiger partial charge is 0.211 e. The second-order valence-electron chi connectivity index (χ2n) is 4.84. The largest absolute Gasteiger partial charge is 0.378 e. The van der Waals surface area contributed by atoms with Crippen LogP contribution in [-0.2, 0) is 10.0 Å². The molecule has 1 fully saturated rings. The van der Waals surface area contributed by atoms with Crippen molar-refractivity contribution < 1.29 is 12.8 Å². The predicted octanol–water partition coefficient (Wildman–Crippen LogP) is 2.38. The van der Waals surface area contributed by atoms with Crippen LogP contribution in [0, 0.1) is 5.82 Å². The molecule has 1 saturated heterocycles. The lowest BCUT2D eigenvalue weighted by Gasteiger charge is -2.31. The average Bonchev–Trinajstić information content (AvgIpc) is 2.40. The van der Waals surface area contributed by atoms with E-state index in [1.807, 2.05) is 0 Å². The summed E-state index contributed by atoms with van der Waals surface area (Å²) >= 11 is 3.10. The standard InChI is InChI=1S/C12H17BrFN3O2S/c1-20(18,19)17-7-5-9(6-8-17)15-12-10(14)3-2-4-11(12)16-13/h2-4,9,15-16H,5-8H2,1H3. The van der Waals surface area contributed by atoms with Crippen LogP contribution in [0.4, 0.5) is 15.8 Å². The van der Waals surface area contributed by atoms with Gasteiger partial charge in [-0.15, -0.1) is 0 Å². The third-order valence-electron chi connectivity index (χ3n) is 3.39. The van der Waals surface area contributed by atoms with Gasteiger partial charge in [-0.2, -0.15) is 0 Å². The molecule has 2 rings (SSSR count). The Morgan fingerprint density at radius 1 is 1.35 bits per heavy atom. The third kappa shape index (κ3) is 3.62. The Morgan fingerprint density at radius 2 is 2.00 bits per heavy atom. The Bertz CT molecular complexity index is 574. The van der Waals surface area contributed by atoms with E-state index in [-0.39, 0.29) is 11.9 Å². The Balaban J connectivity index is 2.03. The first kappa shape index (κ1) is 15.5. The van der Waals surface area contributed by atoms with E-state index in [2.05, 4.69) is 25.8 Å². The monoisotopic (exact) mass is 365 g/mol. The highest BCUT2D eigenvalue weighted by Gasteiger charge is 2.25. The van der Waals surface area contributed by atoms with E-state index in [1.54, 1.807) is 12.1 Å². The number of piperidine rings is 1. The van der Waals surface area contributed by atoms with Gasteiger partial charge in [0, 0.05) is 35.3 Å². The van der Waals surface area contributed by atoms with Crippen LogP contribution < -0.4 is 9.66 Å². The number of hydrogen-bond acceptors (Lipinski definition) is 4. The second-order valence-corrected chi connectivity index (χ2v) is 7.22. The van der Waals surface area contributed by atoms with Crippen molar-refractivity contribution in [1.82, 2.24) is 4.31 Å². The van der Waals surface area contributed by atoms with Gasteiger partial charge >= 0.3 is 0 Å². The minimum absolute atomic E-state index is 0.0597. The quantitative estimate of drug-likeness (QED) is 0.804. The van der Waals surface area contributed by atoms with Crippen molar-refractivity contribution in [3.8, 4) is 0 Å². The van der Waals surface area contributed by atoms with Crippen molar-refractivity contribution in [3.05, 3.63) is 24.0 Å². The predicted molar refractivity (Wildman–Crippen MR) is 82.0 cm³/mol. The normalized spacial score (nSPS) is 17.9. The van der Waals surface area contributed by atoms with Crippen molar-refractivity contribution in [2.75, 3.05) is 29.0 Å². The first-order valence-electron chi connectivity index (χ1n) is 6.28. The summed E-state index contributed by atoms with van der Waals surface area (Å²) in [5.41, 5.74) is 1.03. The SMILES string of the molecule is CS(=O)(=O)N1CCC(Nc2c(F)cccc2NBr)CC1. The summed E-state index contributed by atoms with van der Waals surface area (Å²) in [5, 5.41) is 3.15. The molecule has 1 heterocycles. The van der Waals surface area contributed by atoms with Crippen molar-refractivity contribution in [1.29, 1.82) is 0 Å². The van der Waals surface area contributed by atoms with Gasteiger partial charge in [-0.1, -0.05) is 6.07 Å². The molecule has 0 aromatic heterocycles. The van der Waals surface area contributed by atoms with Gasteiger partial charge in [0.15, 0.2) is 0 Å². The summed E-state index contributed by atoms with van der Waals surface area (Å²) in [4.78, 5) is 0. The zero-order valence-electron chi connectivity index (χ0n) is 11.1. The summed E-state index contributed by atoms with van der Waals surface area (Å²) in [5.74, 6) is -0.333. The molecule has 0 aliphatic carbocycles. The molecule has 8 heteroatoms. The number of halogens is 2. The molecule has 5 nitrogen and oxygen atoms in total. The fraction of sp³-hybridized carbons (Fsp3) is 0.500. The lowest BCUT2D eigenvalue weighted by Crippen LogP contribution is -2.42. The molecule has 1 aromatic rings. The van der Waals surface area contributed by atoms with Crippen LogP contribution in [0.1, 0.15) is 12.8 Å². The number of hydrogen-bond donors (Lipinski definition) is 2. The molecule has 0 unspecified atom stereocenters. The highest BCUT2D eigenvalue weighted by Crippen LogP contribution is 2.28. The van der Waals surface area contributed by atoms with Crippen molar-refractivity contribution >= 4 is 37.5 Å². The average molecular weight is 366 g/mol. The molecule has 1 aliphatic rings. The third-order valence-corrected chi connectivity index (χ3v) is 5.12. The van der Waals surface area contributed by atoms with Crippen LogP contribution in [0.5, 0.6) is 0 Å². The lowest BCUT2D eigenvalue weighted by atomic mass is 10.1. The summed E-state index contributed by atoms with van der Waals surface area (Å²) in [6.07, 6.45) is 2.52. The fourth-order valence-corrected chi connectivity index (χ4v) is 3.49. The zero-order valence-corrected chi connectivity index (χ0v) is 13.5. The molecule has 112 valence electrons. The number of anilines is 2. The summed E-state index contributed by atoms with van der Waals surface area (Å²) in [7, 11) is -3.13. The summed E-state index contributed by atoms with van der Waals surface area (Å²) in [6, 6.07) is 4.83. The van der Waals surface area contributed by atoms with E-state index in [4.69, 9.17) is 0 Å². The summed E-state index contributed by atoms with van der Waals surface area (Å²) < 4.78 is 40.9. The van der Waals surface area contributed by atoms with E-state index in [9.17, 15) is 12.8 Å². The molecule has 1 aromatic carbocycles. The van der Waals surface area contributed by atoms with E-state index in [1.165, 1.54) is 16.6 Å². The molecule has 0 bridgehead atoms. The fourth-order valence-electron chi connectivity index (χ4n) is 2.29. The molecule has 0 amide bonds. The van der Waals surface area contributed by atoms with Crippen LogP contribution >= 0.6 is 16.1 Å². The first-order chi connectivity index (χ1) is 9.41. The zero-order chi connectivity index (χ0) is 14.8. The van der Waals surface area contributed by atoms with Crippen LogP contribution in [0.15, 0.2) is 18.2 Å². The van der Waals surface area contributed by atoms with Gasteiger partial charge < -0.3 is 9.66 Å². The highest BCUT2D eigenvalue weighted by atomic mass is 79.9. The number of nitrogens with one attached hydrogen (secondary N) is 2.